The third-order valence-corrected chi connectivity index (χ3v) is 3.21. The molecular formula is C16H9O. The molecule has 4 aromatic rings. The van der Waals surface area contributed by atoms with Crippen LogP contribution in [-0.2, 0) is 0 Å². The molecule has 0 saturated heterocycles. The Morgan fingerprint density at radius 1 is 0.824 bits per heavy atom. The summed E-state index contributed by atoms with van der Waals surface area (Å²) in [7, 11) is 0. The molecule has 0 aliphatic carbocycles. The average molecular weight is 217 g/mol. The van der Waals surface area contributed by atoms with E-state index in [9.17, 15) is 0 Å². The zero-order valence-electron chi connectivity index (χ0n) is 9.10. The van der Waals surface area contributed by atoms with E-state index in [1.54, 1.807) is 0 Å². The molecule has 0 amide bonds. The molecule has 0 fully saturated rings. The second-order valence-electron chi connectivity index (χ2n) is 4.19. The SMILES string of the molecule is [c]1ccc2oc3c4ccccc4ccc3c2c1. The fourth-order valence-corrected chi connectivity index (χ4v) is 2.39. The third kappa shape index (κ3) is 1.14. The van der Waals surface area contributed by atoms with Crippen LogP contribution in [-0.4, -0.2) is 0 Å². The van der Waals surface area contributed by atoms with Crippen molar-refractivity contribution in [2.45, 2.75) is 0 Å². The average Bonchev–Trinajstić information content (AvgIpc) is 2.78. The molecule has 1 aromatic heterocycles. The minimum absolute atomic E-state index is 0.926. The summed E-state index contributed by atoms with van der Waals surface area (Å²) in [4.78, 5) is 0. The highest BCUT2D eigenvalue weighted by Gasteiger charge is 2.08. The minimum Gasteiger partial charge on any atom is -0.455 e. The van der Waals surface area contributed by atoms with Crippen LogP contribution in [0.25, 0.3) is 32.7 Å². The van der Waals surface area contributed by atoms with Crippen LogP contribution < -0.4 is 0 Å². The van der Waals surface area contributed by atoms with E-state index in [4.69, 9.17) is 4.42 Å². The molecule has 0 unspecified atom stereocenters. The van der Waals surface area contributed by atoms with Crippen LogP contribution in [0.3, 0.4) is 0 Å². The van der Waals surface area contributed by atoms with Crippen LogP contribution >= 0.6 is 0 Å². The van der Waals surface area contributed by atoms with Gasteiger partial charge in [-0.15, -0.1) is 0 Å². The molecule has 1 radical (unpaired) electrons. The van der Waals surface area contributed by atoms with E-state index in [1.165, 1.54) is 10.8 Å². The zero-order valence-corrected chi connectivity index (χ0v) is 9.10. The van der Waals surface area contributed by atoms with Crippen molar-refractivity contribution in [3.63, 3.8) is 0 Å². The Kier molecular flexibility index (Phi) is 1.61. The second kappa shape index (κ2) is 3.11. The van der Waals surface area contributed by atoms with E-state index < -0.39 is 0 Å². The maximum absolute atomic E-state index is 5.95. The molecule has 0 N–H and O–H groups in total. The van der Waals surface area contributed by atoms with E-state index in [0.717, 1.165) is 21.9 Å². The number of benzene rings is 3. The summed E-state index contributed by atoms with van der Waals surface area (Å²) in [5.41, 5.74) is 1.90. The molecule has 0 saturated carbocycles. The summed E-state index contributed by atoms with van der Waals surface area (Å²) in [6.07, 6.45) is 0. The van der Waals surface area contributed by atoms with Crippen molar-refractivity contribution in [2.75, 3.05) is 0 Å². The van der Waals surface area contributed by atoms with Crippen molar-refractivity contribution in [1.29, 1.82) is 0 Å². The number of hydrogen-bond acceptors (Lipinski definition) is 1. The summed E-state index contributed by atoms with van der Waals surface area (Å²) in [5, 5.41) is 4.67. The first-order chi connectivity index (χ1) is 8.43. The van der Waals surface area contributed by atoms with Crippen molar-refractivity contribution >= 4 is 32.7 Å². The molecule has 3 aromatic carbocycles. The van der Waals surface area contributed by atoms with E-state index in [2.05, 4.69) is 30.3 Å². The molecule has 0 spiro atoms. The summed E-state index contributed by atoms with van der Waals surface area (Å²) in [5.74, 6) is 0. The Balaban J connectivity index is 2.34. The maximum atomic E-state index is 5.95. The Bertz CT molecular complexity index is 840. The Hall–Kier alpha value is -2.28. The largest absolute Gasteiger partial charge is 0.455 e. The van der Waals surface area contributed by atoms with Gasteiger partial charge in [0.1, 0.15) is 11.2 Å². The van der Waals surface area contributed by atoms with Crippen LogP contribution in [0.5, 0.6) is 0 Å². The van der Waals surface area contributed by atoms with Gasteiger partial charge in [-0.25, -0.2) is 0 Å². The second-order valence-corrected chi connectivity index (χ2v) is 4.19. The first-order valence-electron chi connectivity index (χ1n) is 5.63. The van der Waals surface area contributed by atoms with Crippen molar-refractivity contribution < 1.29 is 4.42 Å². The first-order valence-corrected chi connectivity index (χ1v) is 5.63. The summed E-state index contributed by atoms with van der Waals surface area (Å²) in [6.45, 7) is 0. The minimum atomic E-state index is 0.926. The van der Waals surface area contributed by atoms with Gasteiger partial charge in [0, 0.05) is 16.2 Å². The standard InChI is InChI=1S/C16H9O/c1-2-6-12-11(5-1)9-10-14-13-7-3-4-8-15(13)17-16(12)14/h1-2,4-10H. The number of furan rings is 1. The molecule has 1 nitrogen and oxygen atoms in total. The van der Waals surface area contributed by atoms with Gasteiger partial charge in [-0.2, -0.15) is 0 Å². The van der Waals surface area contributed by atoms with Gasteiger partial charge >= 0.3 is 0 Å². The normalized spacial score (nSPS) is 11.5. The van der Waals surface area contributed by atoms with Crippen molar-refractivity contribution in [3.05, 3.63) is 60.7 Å². The molecule has 17 heavy (non-hydrogen) atoms. The van der Waals surface area contributed by atoms with Crippen LogP contribution in [0.15, 0.2) is 59.0 Å². The predicted octanol–water partition coefficient (Wildman–Crippen LogP) is 4.54. The van der Waals surface area contributed by atoms with Crippen LogP contribution in [0.2, 0.25) is 0 Å². The topological polar surface area (TPSA) is 13.1 Å². The Morgan fingerprint density at radius 3 is 2.76 bits per heavy atom. The number of fused-ring (bicyclic) bond motifs is 5. The van der Waals surface area contributed by atoms with Gasteiger partial charge in [0.25, 0.3) is 0 Å². The molecule has 0 atom stereocenters. The van der Waals surface area contributed by atoms with Gasteiger partial charge in [0.15, 0.2) is 0 Å². The lowest BCUT2D eigenvalue weighted by atomic mass is 10.1. The predicted molar refractivity (Wildman–Crippen MR) is 70.1 cm³/mol. The highest BCUT2D eigenvalue weighted by Crippen LogP contribution is 2.33. The summed E-state index contributed by atoms with van der Waals surface area (Å²) < 4.78 is 5.95. The third-order valence-electron chi connectivity index (χ3n) is 3.21. The zero-order chi connectivity index (χ0) is 11.2. The lowest BCUT2D eigenvalue weighted by Crippen LogP contribution is -1.72. The van der Waals surface area contributed by atoms with Gasteiger partial charge in [-0.3, -0.25) is 0 Å². The molecule has 0 aliphatic heterocycles. The van der Waals surface area contributed by atoms with Crippen molar-refractivity contribution in [2.24, 2.45) is 0 Å². The molecule has 79 valence electrons. The lowest BCUT2D eigenvalue weighted by Gasteiger charge is -1.97. The molecule has 1 heteroatoms. The smallest absolute Gasteiger partial charge is 0.143 e. The van der Waals surface area contributed by atoms with Crippen LogP contribution in [0.4, 0.5) is 0 Å². The van der Waals surface area contributed by atoms with Gasteiger partial charge in [0.05, 0.1) is 0 Å². The number of hydrogen-bond donors (Lipinski definition) is 0. The van der Waals surface area contributed by atoms with E-state index >= 15 is 0 Å². The van der Waals surface area contributed by atoms with Gasteiger partial charge in [-0.05, 0) is 29.7 Å². The van der Waals surface area contributed by atoms with Crippen molar-refractivity contribution in [1.82, 2.24) is 0 Å². The summed E-state index contributed by atoms with van der Waals surface area (Å²) in [6, 6.07) is 21.5. The highest BCUT2D eigenvalue weighted by molar-refractivity contribution is 6.14. The highest BCUT2D eigenvalue weighted by atomic mass is 16.3. The van der Waals surface area contributed by atoms with Crippen LogP contribution in [0.1, 0.15) is 0 Å². The van der Waals surface area contributed by atoms with Crippen molar-refractivity contribution in [3.8, 4) is 0 Å². The quantitative estimate of drug-likeness (QED) is 0.421. The van der Waals surface area contributed by atoms with E-state index in [1.807, 2.05) is 30.3 Å². The first kappa shape index (κ1) is 8.82. The molecule has 1 heterocycles. The Labute approximate surface area is 98.3 Å². The molecular weight excluding hydrogens is 208 g/mol. The van der Waals surface area contributed by atoms with Gasteiger partial charge in [0.2, 0.25) is 0 Å². The molecule has 0 bridgehead atoms. The fraction of sp³-hybridized carbons (Fsp3) is 0. The molecule has 4 rings (SSSR count). The summed E-state index contributed by atoms with van der Waals surface area (Å²) >= 11 is 0. The monoisotopic (exact) mass is 217 g/mol. The van der Waals surface area contributed by atoms with Gasteiger partial charge < -0.3 is 4.42 Å². The maximum Gasteiger partial charge on any atom is 0.143 e. The van der Waals surface area contributed by atoms with E-state index in [0.29, 0.717) is 0 Å². The lowest BCUT2D eigenvalue weighted by molar-refractivity contribution is 0.672. The van der Waals surface area contributed by atoms with Crippen LogP contribution in [0, 0.1) is 6.07 Å². The number of rotatable bonds is 0. The Morgan fingerprint density at radius 2 is 1.76 bits per heavy atom. The van der Waals surface area contributed by atoms with E-state index in [-0.39, 0.29) is 0 Å². The van der Waals surface area contributed by atoms with Gasteiger partial charge in [-0.1, -0.05) is 36.4 Å². The molecule has 0 aliphatic rings. The fourth-order valence-electron chi connectivity index (χ4n) is 2.39.